The number of furan rings is 1. The molecule has 1 amide bonds. The first-order valence-corrected chi connectivity index (χ1v) is 7.68. The molecule has 0 radical (unpaired) electrons. The second kappa shape index (κ2) is 6.50. The van der Waals surface area contributed by atoms with E-state index in [1.54, 1.807) is 6.07 Å². The second-order valence-corrected chi connectivity index (χ2v) is 5.52. The number of hydrogen-bond acceptors (Lipinski definition) is 4. The number of para-hydroxylation sites is 1. The van der Waals surface area contributed by atoms with Crippen molar-refractivity contribution in [3.8, 4) is 0 Å². The standard InChI is InChI=1S/C17H21NO4/c1-3-21-15-10-20-8-7-14(15)18-17(19)13-6-4-5-12-9-11(2)22-16(12)13/h4-6,9,14-15H,3,7-8,10H2,1-2H3,(H,18,19)/t14-,15-/m1/s1. The fourth-order valence-electron chi connectivity index (χ4n) is 2.87. The summed E-state index contributed by atoms with van der Waals surface area (Å²) in [4.78, 5) is 12.6. The fraction of sp³-hybridized carbons (Fsp3) is 0.471. The van der Waals surface area contributed by atoms with Gasteiger partial charge in [-0.1, -0.05) is 12.1 Å². The van der Waals surface area contributed by atoms with Crippen LogP contribution < -0.4 is 5.32 Å². The molecule has 1 aliphatic heterocycles. The van der Waals surface area contributed by atoms with E-state index in [-0.39, 0.29) is 18.1 Å². The number of amides is 1. The number of rotatable bonds is 4. The van der Waals surface area contributed by atoms with Gasteiger partial charge in [-0.05, 0) is 32.4 Å². The van der Waals surface area contributed by atoms with Gasteiger partial charge in [0, 0.05) is 18.6 Å². The van der Waals surface area contributed by atoms with Crippen LogP contribution in [0.25, 0.3) is 11.0 Å². The summed E-state index contributed by atoms with van der Waals surface area (Å²) in [5, 5.41) is 4.01. The normalized spacial score (nSPS) is 21.9. The Hall–Kier alpha value is -1.85. The van der Waals surface area contributed by atoms with E-state index in [1.807, 2.05) is 32.0 Å². The Morgan fingerprint density at radius 2 is 2.32 bits per heavy atom. The predicted molar refractivity (Wildman–Crippen MR) is 83.1 cm³/mol. The third-order valence-electron chi connectivity index (χ3n) is 3.91. The van der Waals surface area contributed by atoms with E-state index in [1.165, 1.54) is 0 Å². The number of benzene rings is 1. The molecule has 22 heavy (non-hydrogen) atoms. The molecule has 1 N–H and O–H groups in total. The van der Waals surface area contributed by atoms with Crippen molar-refractivity contribution in [1.82, 2.24) is 5.32 Å². The van der Waals surface area contributed by atoms with E-state index >= 15 is 0 Å². The first-order valence-electron chi connectivity index (χ1n) is 7.68. The van der Waals surface area contributed by atoms with Crippen molar-refractivity contribution in [2.75, 3.05) is 19.8 Å². The van der Waals surface area contributed by atoms with Crippen LogP contribution >= 0.6 is 0 Å². The molecule has 2 atom stereocenters. The van der Waals surface area contributed by atoms with E-state index < -0.39 is 0 Å². The third-order valence-corrected chi connectivity index (χ3v) is 3.91. The summed E-state index contributed by atoms with van der Waals surface area (Å²) >= 11 is 0. The quantitative estimate of drug-likeness (QED) is 0.943. The molecule has 3 rings (SSSR count). The zero-order chi connectivity index (χ0) is 15.5. The molecule has 118 valence electrons. The van der Waals surface area contributed by atoms with Gasteiger partial charge in [0.1, 0.15) is 17.4 Å². The molecule has 1 fully saturated rings. The lowest BCUT2D eigenvalue weighted by Gasteiger charge is -2.31. The summed E-state index contributed by atoms with van der Waals surface area (Å²) in [6, 6.07) is 7.50. The van der Waals surface area contributed by atoms with Crippen LogP contribution in [0.5, 0.6) is 0 Å². The average Bonchev–Trinajstić information content (AvgIpc) is 2.89. The van der Waals surface area contributed by atoms with Crippen LogP contribution in [0.1, 0.15) is 29.5 Å². The summed E-state index contributed by atoms with van der Waals surface area (Å²) in [7, 11) is 0. The minimum atomic E-state index is -0.128. The summed E-state index contributed by atoms with van der Waals surface area (Å²) in [5.41, 5.74) is 1.20. The van der Waals surface area contributed by atoms with E-state index in [2.05, 4.69) is 5.32 Å². The zero-order valence-electron chi connectivity index (χ0n) is 12.9. The van der Waals surface area contributed by atoms with Crippen LogP contribution in [0.3, 0.4) is 0 Å². The fourth-order valence-corrected chi connectivity index (χ4v) is 2.87. The maximum Gasteiger partial charge on any atom is 0.255 e. The van der Waals surface area contributed by atoms with Gasteiger partial charge in [-0.25, -0.2) is 0 Å². The highest BCUT2D eigenvalue weighted by atomic mass is 16.5. The number of fused-ring (bicyclic) bond motifs is 1. The van der Waals surface area contributed by atoms with Crippen molar-refractivity contribution in [3.63, 3.8) is 0 Å². The third kappa shape index (κ3) is 3.00. The first-order chi connectivity index (χ1) is 10.7. The topological polar surface area (TPSA) is 60.7 Å². The lowest BCUT2D eigenvalue weighted by Crippen LogP contribution is -2.50. The largest absolute Gasteiger partial charge is 0.461 e. The van der Waals surface area contributed by atoms with Crippen LogP contribution in [0.4, 0.5) is 0 Å². The van der Waals surface area contributed by atoms with Crippen LogP contribution in [-0.4, -0.2) is 37.9 Å². The molecule has 1 aromatic heterocycles. The van der Waals surface area contributed by atoms with Gasteiger partial charge in [-0.2, -0.15) is 0 Å². The molecule has 5 nitrogen and oxygen atoms in total. The van der Waals surface area contributed by atoms with Gasteiger partial charge in [0.15, 0.2) is 0 Å². The Bertz CT molecular complexity index is 662. The van der Waals surface area contributed by atoms with E-state index in [0.29, 0.717) is 31.0 Å². The maximum absolute atomic E-state index is 12.6. The van der Waals surface area contributed by atoms with Crippen LogP contribution in [0.15, 0.2) is 28.7 Å². The minimum absolute atomic E-state index is 0.0347. The number of ether oxygens (including phenoxy) is 2. The minimum Gasteiger partial charge on any atom is -0.461 e. The van der Waals surface area contributed by atoms with Crippen molar-refractivity contribution < 1.29 is 18.7 Å². The second-order valence-electron chi connectivity index (χ2n) is 5.52. The lowest BCUT2D eigenvalue weighted by atomic mass is 10.0. The number of nitrogens with one attached hydrogen (secondary N) is 1. The molecule has 0 bridgehead atoms. The molecule has 2 aromatic rings. The molecule has 1 aliphatic rings. The summed E-state index contributed by atoms with van der Waals surface area (Å²) in [6.07, 6.45) is 0.657. The Morgan fingerprint density at radius 1 is 1.45 bits per heavy atom. The molecular formula is C17H21NO4. The number of carbonyl (C=O) groups is 1. The molecule has 2 heterocycles. The lowest BCUT2D eigenvalue weighted by molar-refractivity contribution is -0.0632. The zero-order valence-corrected chi connectivity index (χ0v) is 12.9. The molecule has 0 unspecified atom stereocenters. The van der Waals surface area contributed by atoms with Gasteiger partial charge < -0.3 is 19.2 Å². The van der Waals surface area contributed by atoms with Gasteiger partial charge in [0.2, 0.25) is 0 Å². The number of carbonyl (C=O) groups excluding carboxylic acids is 1. The maximum atomic E-state index is 12.6. The van der Waals surface area contributed by atoms with E-state index in [0.717, 1.165) is 17.6 Å². The first kappa shape index (κ1) is 15.1. The Labute approximate surface area is 129 Å². The van der Waals surface area contributed by atoms with Crippen molar-refractivity contribution in [3.05, 3.63) is 35.6 Å². The van der Waals surface area contributed by atoms with Crippen molar-refractivity contribution in [1.29, 1.82) is 0 Å². The van der Waals surface area contributed by atoms with Crippen molar-refractivity contribution in [2.45, 2.75) is 32.4 Å². The highest BCUT2D eigenvalue weighted by molar-refractivity contribution is 6.05. The Morgan fingerprint density at radius 3 is 3.14 bits per heavy atom. The van der Waals surface area contributed by atoms with Crippen LogP contribution in [-0.2, 0) is 9.47 Å². The molecule has 1 aromatic carbocycles. The van der Waals surface area contributed by atoms with Crippen molar-refractivity contribution >= 4 is 16.9 Å². The summed E-state index contributed by atoms with van der Waals surface area (Å²) < 4.78 is 16.8. The average molecular weight is 303 g/mol. The highest BCUT2D eigenvalue weighted by Gasteiger charge is 2.28. The Balaban J connectivity index is 1.80. The predicted octanol–water partition coefficient (Wildman–Crippen LogP) is 2.67. The number of aryl methyl sites for hydroxylation is 1. The molecule has 1 saturated heterocycles. The Kier molecular flexibility index (Phi) is 4.45. The molecule has 0 aliphatic carbocycles. The molecule has 5 heteroatoms. The number of hydrogen-bond donors (Lipinski definition) is 1. The van der Waals surface area contributed by atoms with Crippen LogP contribution in [0.2, 0.25) is 0 Å². The van der Waals surface area contributed by atoms with E-state index in [9.17, 15) is 4.79 Å². The highest BCUT2D eigenvalue weighted by Crippen LogP contribution is 2.23. The van der Waals surface area contributed by atoms with Crippen LogP contribution in [0, 0.1) is 6.92 Å². The van der Waals surface area contributed by atoms with Gasteiger partial charge in [0.05, 0.1) is 18.2 Å². The smallest absolute Gasteiger partial charge is 0.255 e. The summed E-state index contributed by atoms with van der Waals surface area (Å²) in [6.45, 7) is 5.58. The van der Waals surface area contributed by atoms with Gasteiger partial charge in [-0.3, -0.25) is 4.79 Å². The van der Waals surface area contributed by atoms with Gasteiger partial charge >= 0.3 is 0 Å². The molecular weight excluding hydrogens is 282 g/mol. The summed E-state index contributed by atoms with van der Waals surface area (Å²) in [5.74, 6) is 0.671. The SMILES string of the molecule is CCO[C@@H]1COCC[C@H]1NC(=O)c1cccc2cc(C)oc12. The molecule has 0 spiro atoms. The van der Waals surface area contributed by atoms with Crippen molar-refractivity contribution in [2.24, 2.45) is 0 Å². The molecule has 0 saturated carbocycles. The van der Waals surface area contributed by atoms with Gasteiger partial charge in [-0.15, -0.1) is 0 Å². The monoisotopic (exact) mass is 303 g/mol. The van der Waals surface area contributed by atoms with E-state index in [4.69, 9.17) is 13.9 Å². The van der Waals surface area contributed by atoms with Gasteiger partial charge in [0.25, 0.3) is 5.91 Å².